The molecule has 0 aromatic rings. The van der Waals surface area contributed by atoms with Crippen molar-refractivity contribution in [2.45, 2.75) is 38.1 Å². The zero-order chi connectivity index (χ0) is 11.8. The lowest BCUT2D eigenvalue weighted by molar-refractivity contribution is -0.00925. The van der Waals surface area contributed by atoms with Crippen molar-refractivity contribution in [2.75, 3.05) is 6.26 Å². The van der Waals surface area contributed by atoms with Gasteiger partial charge in [0.25, 0.3) is 0 Å². The van der Waals surface area contributed by atoms with E-state index < -0.39 is 0 Å². The Labute approximate surface area is 108 Å². The van der Waals surface area contributed by atoms with Crippen LogP contribution >= 0.6 is 11.8 Å². The second-order valence-corrected chi connectivity index (χ2v) is 6.79. The summed E-state index contributed by atoms with van der Waals surface area (Å²) in [5.74, 6) is 3.79. The molecule has 0 aromatic heterocycles. The van der Waals surface area contributed by atoms with Crippen molar-refractivity contribution in [3.8, 4) is 6.07 Å². The van der Waals surface area contributed by atoms with Crippen molar-refractivity contribution < 1.29 is 0 Å². The van der Waals surface area contributed by atoms with Gasteiger partial charge in [-0.3, -0.25) is 0 Å². The lowest BCUT2D eigenvalue weighted by Gasteiger charge is -2.54. The first kappa shape index (κ1) is 11.5. The lowest BCUT2D eigenvalue weighted by Crippen LogP contribution is -2.53. The minimum absolute atomic E-state index is 0.648. The maximum Gasteiger partial charge on any atom is 0.0939 e. The van der Waals surface area contributed by atoms with E-state index in [0.717, 1.165) is 28.7 Å². The van der Waals surface area contributed by atoms with Gasteiger partial charge in [0.1, 0.15) is 0 Å². The molecule has 4 saturated carbocycles. The van der Waals surface area contributed by atoms with Crippen LogP contribution in [0.4, 0.5) is 0 Å². The molecule has 0 amide bonds. The van der Waals surface area contributed by atoms with Crippen molar-refractivity contribution in [3.63, 3.8) is 0 Å². The third kappa shape index (κ3) is 2.08. The zero-order valence-corrected chi connectivity index (χ0v) is 11.2. The minimum Gasteiger partial charge on any atom is -0.376 e. The number of hydrogen-bond donors (Lipinski definition) is 1. The first-order valence-corrected chi connectivity index (χ1v) is 7.93. The summed E-state index contributed by atoms with van der Waals surface area (Å²) < 4.78 is 0. The third-order valence-electron chi connectivity index (χ3n) is 4.95. The fraction of sp³-hybridized carbons (Fsp3) is 0.786. The molecule has 0 aliphatic heterocycles. The Morgan fingerprint density at radius 2 is 1.76 bits per heavy atom. The Morgan fingerprint density at radius 3 is 2.24 bits per heavy atom. The maximum absolute atomic E-state index is 8.77. The first-order valence-electron chi connectivity index (χ1n) is 6.70. The molecular weight excluding hydrogens is 228 g/mol. The van der Waals surface area contributed by atoms with E-state index in [2.05, 4.69) is 11.4 Å². The summed E-state index contributed by atoms with van der Waals surface area (Å²) in [6.45, 7) is 0. The number of allylic oxidation sites excluding steroid dienone is 1. The summed E-state index contributed by atoms with van der Waals surface area (Å²) in [7, 11) is 0. The van der Waals surface area contributed by atoms with Gasteiger partial charge in [-0.1, -0.05) is 0 Å². The average molecular weight is 248 g/mol. The summed E-state index contributed by atoms with van der Waals surface area (Å²) in [4.78, 5) is 0. The fourth-order valence-corrected chi connectivity index (χ4v) is 4.97. The highest BCUT2D eigenvalue weighted by molar-refractivity contribution is 8.02. The van der Waals surface area contributed by atoms with E-state index in [0.29, 0.717) is 6.04 Å². The second-order valence-electron chi connectivity index (χ2n) is 5.94. The monoisotopic (exact) mass is 248 g/mol. The Morgan fingerprint density at radius 1 is 1.18 bits per heavy atom. The van der Waals surface area contributed by atoms with E-state index in [9.17, 15) is 0 Å². The zero-order valence-electron chi connectivity index (χ0n) is 10.4. The van der Waals surface area contributed by atoms with Crippen LogP contribution in [-0.4, -0.2) is 12.3 Å². The van der Waals surface area contributed by atoms with E-state index >= 15 is 0 Å². The van der Waals surface area contributed by atoms with Crippen LogP contribution in [0.1, 0.15) is 32.1 Å². The van der Waals surface area contributed by atoms with Gasteiger partial charge in [0.05, 0.1) is 11.1 Å². The van der Waals surface area contributed by atoms with Crippen LogP contribution in [-0.2, 0) is 0 Å². The summed E-state index contributed by atoms with van der Waals surface area (Å²) >= 11 is 1.67. The highest BCUT2D eigenvalue weighted by Crippen LogP contribution is 2.53. The molecule has 4 rings (SSSR count). The largest absolute Gasteiger partial charge is 0.376 e. The van der Waals surface area contributed by atoms with Gasteiger partial charge in [0.15, 0.2) is 0 Å². The van der Waals surface area contributed by atoms with Crippen LogP contribution in [0.2, 0.25) is 0 Å². The van der Waals surface area contributed by atoms with Crippen LogP contribution in [0.5, 0.6) is 0 Å². The summed E-state index contributed by atoms with van der Waals surface area (Å²) in [6.07, 6.45) is 10.9. The summed E-state index contributed by atoms with van der Waals surface area (Å²) in [5, 5.41) is 13.5. The third-order valence-corrected chi connectivity index (χ3v) is 5.63. The molecule has 0 spiro atoms. The fourth-order valence-electron chi connectivity index (χ4n) is 4.54. The molecule has 3 heteroatoms. The molecular formula is C14H20N2S. The number of thioether (sulfide) groups is 1. The van der Waals surface area contributed by atoms with Crippen molar-refractivity contribution in [1.82, 2.24) is 5.32 Å². The van der Waals surface area contributed by atoms with E-state index in [1.165, 1.54) is 32.1 Å². The quantitative estimate of drug-likeness (QED) is 0.779. The normalized spacial score (nSPS) is 43.5. The standard InChI is InChI=1S/C14H20N2S/c1-17-13(2-3-15)16-14-11-5-9-4-10(7-11)8-12(14)6-9/h2,9-12,14,16H,4-8H2,1H3/b13-2-. The van der Waals surface area contributed by atoms with Crippen LogP contribution in [0.3, 0.4) is 0 Å². The molecule has 0 aromatic carbocycles. The van der Waals surface area contributed by atoms with Crippen molar-refractivity contribution >= 4 is 11.8 Å². The van der Waals surface area contributed by atoms with E-state index in [4.69, 9.17) is 5.26 Å². The SMILES string of the molecule is CS/C(=C\C#N)NC1C2CC3CC(C2)CC1C3. The molecule has 4 aliphatic rings. The Balaban J connectivity index is 1.72. The number of nitrogens with zero attached hydrogens (tertiary/aromatic N) is 1. The van der Waals surface area contributed by atoms with Gasteiger partial charge in [0, 0.05) is 12.1 Å². The maximum atomic E-state index is 8.77. The smallest absolute Gasteiger partial charge is 0.0939 e. The number of hydrogen-bond acceptors (Lipinski definition) is 3. The van der Waals surface area contributed by atoms with Crippen molar-refractivity contribution in [2.24, 2.45) is 23.7 Å². The molecule has 0 heterocycles. The highest BCUT2D eigenvalue weighted by Gasteiger charge is 2.48. The van der Waals surface area contributed by atoms with Gasteiger partial charge in [-0.15, -0.1) is 11.8 Å². The Kier molecular flexibility index (Phi) is 3.08. The topological polar surface area (TPSA) is 35.8 Å². The Bertz CT molecular complexity index is 341. The van der Waals surface area contributed by atoms with Crippen molar-refractivity contribution in [3.05, 3.63) is 11.1 Å². The van der Waals surface area contributed by atoms with E-state index in [-0.39, 0.29) is 0 Å². The molecule has 0 atom stereocenters. The van der Waals surface area contributed by atoms with Gasteiger partial charge in [-0.25, -0.2) is 0 Å². The lowest BCUT2D eigenvalue weighted by atomic mass is 9.54. The number of nitriles is 1. The van der Waals surface area contributed by atoms with E-state index in [1.54, 1.807) is 17.8 Å². The highest BCUT2D eigenvalue weighted by atomic mass is 32.2. The molecule has 0 unspecified atom stereocenters. The molecule has 4 aliphatic carbocycles. The molecule has 0 radical (unpaired) electrons. The predicted molar refractivity (Wildman–Crippen MR) is 71.2 cm³/mol. The van der Waals surface area contributed by atoms with Crippen LogP contribution in [0, 0.1) is 35.0 Å². The van der Waals surface area contributed by atoms with Gasteiger partial charge in [0.2, 0.25) is 0 Å². The number of rotatable bonds is 3. The average Bonchev–Trinajstić information content (AvgIpc) is 2.31. The molecule has 0 saturated heterocycles. The summed E-state index contributed by atoms with van der Waals surface area (Å²) in [5.41, 5.74) is 0. The van der Waals surface area contributed by atoms with Crippen LogP contribution in [0.25, 0.3) is 0 Å². The van der Waals surface area contributed by atoms with Gasteiger partial charge in [-0.2, -0.15) is 5.26 Å². The first-order chi connectivity index (χ1) is 8.30. The molecule has 1 N–H and O–H groups in total. The molecule has 92 valence electrons. The molecule has 17 heavy (non-hydrogen) atoms. The predicted octanol–water partition coefficient (Wildman–Crippen LogP) is 3.13. The Hall–Kier alpha value is -0.620. The molecule has 4 bridgehead atoms. The van der Waals surface area contributed by atoms with Gasteiger partial charge in [-0.05, 0) is 62.0 Å². The number of nitrogens with one attached hydrogen (secondary N) is 1. The van der Waals surface area contributed by atoms with Gasteiger partial charge >= 0.3 is 0 Å². The summed E-state index contributed by atoms with van der Waals surface area (Å²) in [6, 6.07) is 2.79. The van der Waals surface area contributed by atoms with Gasteiger partial charge < -0.3 is 5.32 Å². The second kappa shape index (κ2) is 4.57. The molecule has 4 fully saturated rings. The van der Waals surface area contributed by atoms with Crippen LogP contribution in [0.15, 0.2) is 11.1 Å². The minimum atomic E-state index is 0.648. The van der Waals surface area contributed by atoms with E-state index in [1.807, 2.05) is 6.26 Å². The van der Waals surface area contributed by atoms with Crippen LogP contribution < -0.4 is 5.32 Å². The van der Waals surface area contributed by atoms with Crippen molar-refractivity contribution in [1.29, 1.82) is 5.26 Å². The molecule has 2 nitrogen and oxygen atoms in total.